The summed E-state index contributed by atoms with van der Waals surface area (Å²) in [7, 11) is 0. The highest BCUT2D eigenvalue weighted by Crippen LogP contribution is 2.51. The molecule has 0 bridgehead atoms. The van der Waals surface area contributed by atoms with Crippen LogP contribution in [0.2, 0.25) is 0 Å². The maximum absolute atomic E-state index is 12.4. The Morgan fingerprint density at radius 1 is 1.00 bits per heavy atom. The Kier molecular flexibility index (Phi) is 3.68. The Balaban J connectivity index is 1.68. The second-order valence-electron chi connectivity index (χ2n) is 6.76. The molecule has 118 valence electrons. The minimum absolute atomic E-state index is 0.0487. The van der Waals surface area contributed by atoms with Gasteiger partial charge in [0.25, 0.3) is 0 Å². The van der Waals surface area contributed by atoms with Crippen molar-refractivity contribution in [2.24, 2.45) is 11.3 Å². The van der Waals surface area contributed by atoms with Gasteiger partial charge in [-0.05, 0) is 60.4 Å². The average Bonchev–Trinajstić information content (AvgIpc) is 3.17. The van der Waals surface area contributed by atoms with Crippen molar-refractivity contribution in [3.8, 4) is 0 Å². The van der Waals surface area contributed by atoms with E-state index in [4.69, 9.17) is 5.73 Å². The number of ketones is 1. The highest BCUT2D eigenvalue weighted by Gasteiger charge is 2.50. The van der Waals surface area contributed by atoms with Crippen molar-refractivity contribution >= 4 is 23.1 Å². The Morgan fingerprint density at radius 3 is 1.96 bits per heavy atom. The van der Waals surface area contributed by atoms with E-state index in [0.29, 0.717) is 22.5 Å². The molecule has 3 rings (SSSR count). The zero-order valence-electron chi connectivity index (χ0n) is 13.3. The smallest absolute Gasteiger partial charge is 0.228 e. The summed E-state index contributed by atoms with van der Waals surface area (Å²) < 4.78 is 0. The van der Waals surface area contributed by atoms with Gasteiger partial charge in [-0.1, -0.05) is 13.8 Å². The summed E-state index contributed by atoms with van der Waals surface area (Å²) in [5, 5.41) is 2.91. The van der Waals surface area contributed by atoms with Gasteiger partial charge in [-0.3, -0.25) is 9.59 Å². The lowest BCUT2D eigenvalue weighted by Gasteiger charge is -2.07. The van der Waals surface area contributed by atoms with Crippen LogP contribution in [0.15, 0.2) is 48.5 Å². The molecule has 4 heteroatoms. The Bertz CT molecular complexity index is 746. The van der Waals surface area contributed by atoms with Gasteiger partial charge in [-0.15, -0.1) is 0 Å². The number of nitrogen functional groups attached to an aromatic ring is 1. The van der Waals surface area contributed by atoms with E-state index in [1.165, 1.54) is 0 Å². The topological polar surface area (TPSA) is 72.2 Å². The van der Waals surface area contributed by atoms with Crippen LogP contribution in [-0.2, 0) is 4.79 Å². The molecule has 0 heterocycles. The molecule has 1 atom stereocenters. The largest absolute Gasteiger partial charge is 0.399 e. The van der Waals surface area contributed by atoms with Crippen molar-refractivity contribution in [3.05, 3.63) is 59.7 Å². The molecule has 0 aromatic heterocycles. The number of rotatable bonds is 4. The van der Waals surface area contributed by atoms with Crippen molar-refractivity contribution in [1.29, 1.82) is 0 Å². The molecule has 2 aromatic rings. The summed E-state index contributed by atoms with van der Waals surface area (Å²) in [5.74, 6) is 0.0670. The van der Waals surface area contributed by atoms with E-state index in [1.807, 2.05) is 0 Å². The first-order valence-electron chi connectivity index (χ1n) is 7.68. The van der Waals surface area contributed by atoms with E-state index in [0.717, 1.165) is 6.42 Å². The molecule has 0 unspecified atom stereocenters. The van der Waals surface area contributed by atoms with Gasteiger partial charge in [0, 0.05) is 28.4 Å². The standard InChI is InChI=1S/C19H20N2O2/c1-19(2)11-16(19)18(23)21-15-9-5-13(6-10-15)17(22)12-3-7-14(20)8-4-12/h3-10,16H,11,20H2,1-2H3,(H,21,23)/t16-/m1/s1. The number of nitrogens with one attached hydrogen (secondary N) is 1. The van der Waals surface area contributed by atoms with Crippen LogP contribution in [0.5, 0.6) is 0 Å². The summed E-state index contributed by atoms with van der Waals surface area (Å²) >= 11 is 0. The molecule has 1 aliphatic carbocycles. The third-order valence-electron chi connectivity index (χ3n) is 4.42. The Morgan fingerprint density at radius 2 is 1.48 bits per heavy atom. The van der Waals surface area contributed by atoms with Crippen molar-refractivity contribution < 1.29 is 9.59 Å². The van der Waals surface area contributed by atoms with E-state index in [-0.39, 0.29) is 23.0 Å². The highest BCUT2D eigenvalue weighted by molar-refractivity contribution is 6.09. The maximum Gasteiger partial charge on any atom is 0.228 e. The summed E-state index contributed by atoms with van der Waals surface area (Å²) in [6.45, 7) is 4.18. The van der Waals surface area contributed by atoms with E-state index < -0.39 is 0 Å². The quantitative estimate of drug-likeness (QED) is 0.671. The van der Waals surface area contributed by atoms with E-state index >= 15 is 0 Å². The maximum atomic E-state index is 12.4. The van der Waals surface area contributed by atoms with E-state index in [9.17, 15) is 9.59 Å². The minimum atomic E-state index is -0.0637. The van der Waals surface area contributed by atoms with Gasteiger partial charge in [-0.25, -0.2) is 0 Å². The predicted octanol–water partition coefficient (Wildman–Crippen LogP) is 3.48. The third kappa shape index (κ3) is 3.26. The molecule has 1 aliphatic rings. The monoisotopic (exact) mass is 308 g/mol. The predicted molar refractivity (Wildman–Crippen MR) is 91.2 cm³/mol. The van der Waals surface area contributed by atoms with Gasteiger partial charge in [0.15, 0.2) is 5.78 Å². The van der Waals surface area contributed by atoms with Crippen LogP contribution in [0.4, 0.5) is 11.4 Å². The minimum Gasteiger partial charge on any atom is -0.399 e. The molecule has 2 aromatic carbocycles. The highest BCUT2D eigenvalue weighted by atomic mass is 16.2. The number of nitrogens with two attached hydrogens (primary N) is 1. The summed E-state index contributed by atoms with van der Waals surface area (Å²) in [5.41, 5.74) is 8.25. The normalized spacial score (nSPS) is 18.3. The lowest BCUT2D eigenvalue weighted by molar-refractivity contribution is -0.118. The van der Waals surface area contributed by atoms with Gasteiger partial charge in [-0.2, -0.15) is 0 Å². The van der Waals surface area contributed by atoms with Crippen molar-refractivity contribution in [3.63, 3.8) is 0 Å². The molecule has 0 aliphatic heterocycles. The fraction of sp³-hybridized carbons (Fsp3) is 0.263. The SMILES string of the molecule is CC1(C)C[C@@H]1C(=O)Nc1ccc(C(=O)c2ccc(N)cc2)cc1. The van der Waals surface area contributed by atoms with Crippen LogP contribution in [0.25, 0.3) is 0 Å². The number of amides is 1. The molecule has 3 N–H and O–H groups in total. The van der Waals surface area contributed by atoms with Crippen molar-refractivity contribution in [1.82, 2.24) is 0 Å². The Hall–Kier alpha value is -2.62. The third-order valence-corrected chi connectivity index (χ3v) is 4.42. The first-order valence-corrected chi connectivity index (χ1v) is 7.68. The number of carbonyl (C=O) groups is 2. The zero-order chi connectivity index (χ0) is 16.6. The number of hydrogen-bond donors (Lipinski definition) is 2. The van der Waals surface area contributed by atoms with E-state index in [2.05, 4.69) is 19.2 Å². The lowest BCUT2D eigenvalue weighted by atomic mass is 10.0. The summed E-state index contributed by atoms with van der Waals surface area (Å²) in [6, 6.07) is 13.8. The van der Waals surface area contributed by atoms with Crippen LogP contribution in [0.1, 0.15) is 36.2 Å². The summed E-state index contributed by atoms with van der Waals surface area (Å²) in [4.78, 5) is 24.4. The van der Waals surface area contributed by atoms with Gasteiger partial charge in [0.1, 0.15) is 0 Å². The summed E-state index contributed by atoms with van der Waals surface area (Å²) in [6.07, 6.45) is 0.923. The lowest BCUT2D eigenvalue weighted by Crippen LogP contribution is -2.16. The Labute approximate surface area is 135 Å². The van der Waals surface area contributed by atoms with Crippen LogP contribution in [-0.4, -0.2) is 11.7 Å². The van der Waals surface area contributed by atoms with Gasteiger partial charge in [0.05, 0.1) is 0 Å². The van der Waals surface area contributed by atoms with E-state index in [1.54, 1.807) is 48.5 Å². The molecular formula is C19H20N2O2. The zero-order valence-corrected chi connectivity index (χ0v) is 13.3. The molecule has 1 fully saturated rings. The molecule has 0 radical (unpaired) electrons. The molecule has 0 saturated heterocycles. The van der Waals surface area contributed by atoms with Crippen LogP contribution >= 0.6 is 0 Å². The van der Waals surface area contributed by atoms with Crippen molar-refractivity contribution in [2.45, 2.75) is 20.3 Å². The first-order chi connectivity index (χ1) is 10.9. The number of anilines is 2. The number of benzene rings is 2. The number of hydrogen-bond acceptors (Lipinski definition) is 3. The van der Waals surface area contributed by atoms with Crippen molar-refractivity contribution in [2.75, 3.05) is 11.1 Å². The molecule has 1 amide bonds. The van der Waals surface area contributed by atoms with Gasteiger partial charge >= 0.3 is 0 Å². The first kappa shape index (κ1) is 15.3. The molecular weight excluding hydrogens is 288 g/mol. The fourth-order valence-corrected chi connectivity index (χ4v) is 2.65. The fourth-order valence-electron chi connectivity index (χ4n) is 2.65. The van der Waals surface area contributed by atoms with Crippen LogP contribution in [0, 0.1) is 11.3 Å². The number of carbonyl (C=O) groups excluding carboxylic acids is 2. The average molecular weight is 308 g/mol. The molecule has 23 heavy (non-hydrogen) atoms. The van der Waals surface area contributed by atoms with Crippen LogP contribution in [0.3, 0.4) is 0 Å². The molecule has 4 nitrogen and oxygen atoms in total. The molecule has 1 saturated carbocycles. The molecule has 0 spiro atoms. The van der Waals surface area contributed by atoms with Crippen LogP contribution < -0.4 is 11.1 Å². The van der Waals surface area contributed by atoms with Gasteiger partial charge in [0.2, 0.25) is 5.91 Å². The van der Waals surface area contributed by atoms with Gasteiger partial charge < -0.3 is 11.1 Å². The second-order valence-corrected chi connectivity index (χ2v) is 6.76. The second kappa shape index (κ2) is 5.54.